The molecule has 2 aromatic carbocycles. The fraction of sp³-hybridized carbons (Fsp3) is 0.480. The van der Waals surface area contributed by atoms with E-state index in [0.717, 1.165) is 0 Å². The van der Waals surface area contributed by atoms with Gasteiger partial charge in [-0.15, -0.1) is 0 Å². The molecule has 6 atom stereocenters. The topological polar surface area (TPSA) is 159 Å². The monoisotopic (exact) mass is 528 g/mol. The van der Waals surface area contributed by atoms with E-state index in [9.17, 15) is 25.0 Å². The molecule has 4 heterocycles. The van der Waals surface area contributed by atoms with E-state index in [-0.39, 0.29) is 59.8 Å². The lowest BCUT2D eigenvalue weighted by Crippen LogP contribution is -2.20. The van der Waals surface area contributed by atoms with Crippen LogP contribution in [0.3, 0.4) is 0 Å². The van der Waals surface area contributed by atoms with Gasteiger partial charge in [-0.25, -0.2) is 4.79 Å². The highest BCUT2D eigenvalue weighted by molar-refractivity contribution is 5.69. The average molecular weight is 528 g/mol. The second-order valence-corrected chi connectivity index (χ2v) is 9.68. The molecule has 0 amide bonds. The molecule has 38 heavy (non-hydrogen) atoms. The first-order valence-corrected chi connectivity index (χ1v) is 12.3. The van der Waals surface area contributed by atoms with Gasteiger partial charge in [-0.1, -0.05) is 0 Å². The van der Waals surface area contributed by atoms with E-state index in [1.807, 2.05) is 0 Å². The number of fused-ring (bicyclic) bond motifs is 2. The summed E-state index contributed by atoms with van der Waals surface area (Å²) in [4.78, 5) is 34.8. The predicted octanol–water partition coefficient (Wildman–Crippen LogP) is 4.03. The minimum absolute atomic E-state index is 0.0272. The van der Waals surface area contributed by atoms with E-state index in [4.69, 9.17) is 28.4 Å². The highest BCUT2D eigenvalue weighted by Crippen LogP contribution is 2.47. The number of ether oxygens (including phenoxy) is 6. The maximum absolute atomic E-state index is 13.0. The number of non-ortho nitro benzene ring substituents is 2. The number of hydrogen-bond acceptors (Lipinski definition) is 11. The summed E-state index contributed by atoms with van der Waals surface area (Å²) in [7, 11) is 0. The number of hydrogen-bond donors (Lipinski definition) is 0. The molecule has 0 aromatic heterocycles. The minimum atomic E-state index is -1.08. The van der Waals surface area contributed by atoms with Crippen LogP contribution in [-0.4, -0.2) is 55.0 Å². The summed E-state index contributed by atoms with van der Waals surface area (Å²) in [6, 6.07) is 7.98. The molecule has 0 aliphatic carbocycles. The molecular formula is C25H24N2O11. The normalized spacial score (nSPS) is 29.6. The van der Waals surface area contributed by atoms with Crippen LogP contribution >= 0.6 is 0 Å². The zero-order chi connectivity index (χ0) is 26.4. The first-order chi connectivity index (χ1) is 18.4. The fourth-order valence-electron chi connectivity index (χ4n) is 5.83. The molecule has 6 rings (SSSR count). The van der Waals surface area contributed by atoms with E-state index in [2.05, 4.69) is 0 Å². The van der Waals surface area contributed by atoms with Crippen molar-refractivity contribution in [3.63, 3.8) is 0 Å². The lowest BCUT2D eigenvalue weighted by molar-refractivity contribution is -0.385. The summed E-state index contributed by atoms with van der Waals surface area (Å²) in [6.45, 7) is 1.56. The Morgan fingerprint density at radius 1 is 0.737 bits per heavy atom. The van der Waals surface area contributed by atoms with Gasteiger partial charge in [0, 0.05) is 59.1 Å². The third-order valence-electron chi connectivity index (χ3n) is 7.67. The SMILES string of the molecule is O=C(Oc1ccc([N+](=O)[O-])cc1C1COC2OCCC21)Oc1ccc([N+](=O)[O-])cc1C1COC2OCCC21. The van der Waals surface area contributed by atoms with Crippen molar-refractivity contribution in [3.8, 4) is 11.5 Å². The molecule has 13 heteroatoms. The summed E-state index contributed by atoms with van der Waals surface area (Å²) in [6.07, 6.45) is -0.462. The molecule has 200 valence electrons. The lowest BCUT2D eigenvalue weighted by atomic mass is 9.86. The van der Waals surface area contributed by atoms with Crippen molar-refractivity contribution in [3.05, 3.63) is 67.8 Å². The number of nitro groups is 2. The van der Waals surface area contributed by atoms with Crippen molar-refractivity contribution in [2.75, 3.05) is 26.4 Å². The Bertz CT molecular complexity index is 1190. The van der Waals surface area contributed by atoms with Crippen LogP contribution in [0.15, 0.2) is 36.4 Å². The Kier molecular flexibility index (Phi) is 6.43. The van der Waals surface area contributed by atoms with Crippen molar-refractivity contribution in [2.45, 2.75) is 37.3 Å². The Hall–Kier alpha value is -3.65. The summed E-state index contributed by atoms with van der Waals surface area (Å²) in [5.74, 6) is -0.372. The number of nitro benzene ring substituents is 2. The highest BCUT2D eigenvalue weighted by Gasteiger charge is 2.45. The van der Waals surface area contributed by atoms with Crippen LogP contribution in [0.5, 0.6) is 11.5 Å². The molecule has 4 aliphatic rings. The first-order valence-electron chi connectivity index (χ1n) is 12.3. The van der Waals surface area contributed by atoms with Crippen molar-refractivity contribution in [1.82, 2.24) is 0 Å². The highest BCUT2D eigenvalue weighted by atomic mass is 16.7. The average Bonchev–Trinajstić information content (AvgIpc) is 3.67. The Morgan fingerprint density at radius 3 is 1.61 bits per heavy atom. The minimum Gasteiger partial charge on any atom is -0.394 e. The molecule has 4 saturated heterocycles. The van der Waals surface area contributed by atoms with Gasteiger partial charge in [0.05, 0.1) is 36.3 Å². The summed E-state index contributed by atoms with van der Waals surface area (Å²) < 4.78 is 33.6. The van der Waals surface area contributed by atoms with Gasteiger partial charge >= 0.3 is 6.16 Å². The van der Waals surface area contributed by atoms with Crippen molar-refractivity contribution in [1.29, 1.82) is 0 Å². The van der Waals surface area contributed by atoms with E-state index in [1.165, 1.54) is 36.4 Å². The zero-order valence-electron chi connectivity index (χ0n) is 20.1. The van der Waals surface area contributed by atoms with Gasteiger partial charge in [0.25, 0.3) is 11.4 Å². The van der Waals surface area contributed by atoms with E-state index in [1.54, 1.807) is 0 Å². The third kappa shape index (κ3) is 4.47. The predicted molar refractivity (Wildman–Crippen MR) is 126 cm³/mol. The summed E-state index contributed by atoms with van der Waals surface area (Å²) in [5.41, 5.74) is 0.618. The number of rotatable bonds is 6. The molecule has 13 nitrogen and oxygen atoms in total. The van der Waals surface area contributed by atoms with Crippen molar-refractivity contribution >= 4 is 17.5 Å². The second-order valence-electron chi connectivity index (χ2n) is 9.68. The third-order valence-corrected chi connectivity index (χ3v) is 7.67. The molecule has 0 saturated carbocycles. The van der Waals surface area contributed by atoms with Gasteiger partial charge in [-0.2, -0.15) is 0 Å². The lowest BCUT2D eigenvalue weighted by Gasteiger charge is -2.20. The van der Waals surface area contributed by atoms with Gasteiger partial charge < -0.3 is 28.4 Å². The summed E-state index contributed by atoms with van der Waals surface area (Å²) >= 11 is 0. The van der Waals surface area contributed by atoms with Crippen molar-refractivity contribution in [2.24, 2.45) is 11.8 Å². The first kappa shape index (κ1) is 24.7. The Morgan fingerprint density at radius 2 is 1.18 bits per heavy atom. The number of carbonyl (C=O) groups is 1. The van der Waals surface area contributed by atoms with Crippen LogP contribution in [-0.2, 0) is 18.9 Å². The van der Waals surface area contributed by atoms with Crippen LogP contribution in [0.4, 0.5) is 16.2 Å². The molecule has 0 radical (unpaired) electrons. The maximum atomic E-state index is 13.0. The number of nitrogens with zero attached hydrogens (tertiary/aromatic N) is 2. The Labute approximate surface area is 215 Å². The van der Waals surface area contributed by atoms with Crippen LogP contribution in [0, 0.1) is 32.1 Å². The summed E-state index contributed by atoms with van der Waals surface area (Å²) in [5, 5.41) is 22.9. The van der Waals surface area contributed by atoms with Gasteiger partial charge in [0.1, 0.15) is 11.5 Å². The van der Waals surface area contributed by atoms with E-state index < -0.39 is 28.6 Å². The van der Waals surface area contributed by atoms with E-state index >= 15 is 0 Å². The van der Waals surface area contributed by atoms with Gasteiger partial charge in [-0.3, -0.25) is 20.2 Å². The maximum Gasteiger partial charge on any atom is 0.519 e. The van der Waals surface area contributed by atoms with Crippen LogP contribution < -0.4 is 9.47 Å². The van der Waals surface area contributed by atoms with Crippen LogP contribution in [0.2, 0.25) is 0 Å². The molecule has 2 aromatic rings. The van der Waals surface area contributed by atoms with E-state index in [0.29, 0.717) is 37.2 Å². The van der Waals surface area contributed by atoms with Gasteiger partial charge in [-0.05, 0) is 25.0 Å². The molecule has 0 N–H and O–H groups in total. The molecule has 4 fully saturated rings. The van der Waals surface area contributed by atoms with Gasteiger partial charge in [0.2, 0.25) is 0 Å². The second kappa shape index (κ2) is 9.91. The Balaban J connectivity index is 1.27. The number of benzene rings is 2. The molecule has 6 unspecified atom stereocenters. The molecule has 4 aliphatic heterocycles. The van der Waals surface area contributed by atoms with Gasteiger partial charge in [0.15, 0.2) is 12.6 Å². The number of carbonyl (C=O) groups excluding carboxylic acids is 1. The van der Waals surface area contributed by atoms with Crippen molar-refractivity contribution < 1.29 is 43.1 Å². The largest absolute Gasteiger partial charge is 0.519 e. The molecular weight excluding hydrogens is 504 g/mol. The molecule has 0 spiro atoms. The van der Waals surface area contributed by atoms with Crippen LogP contribution in [0.1, 0.15) is 35.8 Å². The molecule has 0 bridgehead atoms. The van der Waals surface area contributed by atoms with Crippen LogP contribution in [0.25, 0.3) is 0 Å². The zero-order valence-corrected chi connectivity index (χ0v) is 20.1. The quantitative estimate of drug-likeness (QED) is 0.230. The standard InChI is InChI=1S/C25H24N2O11/c28-25(37-21-3-1-13(26(29)30)9-17(21)19-11-35-23-15(19)5-7-33-23)38-22-4-2-14(27(31)32)10-18(22)20-12-36-24-16(20)6-8-34-24/h1-4,9-10,15-16,19-20,23-24H,5-8,11-12H2. The smallest absolute Gasteiger partial charge is 0.394 e. The fourth-order valence-corrected chi connectivity index (χ4v) is 5.83.